The summed E-state index contributed by atoms with van der Waals surface area (Å²) in [6.45, 7) is 1.91. The third-order valence-electron chi connectivity index (χ3n) is 5.92. The van der Waals surface area contributed by atoms with Gasteiger partial charge >= 0.3 is 0 Å². The van der Waals surface area contributed by atoms with Crippen LogP contribution in [0.15, 0.2) is 53.8 Å². The second kappa shape index (κ2) is 8.58. The van der Waals surface area contributed by atoms with Crippen molar-refractivity contribution in [2.45, 2.75) is 23.7 Å². The molecule has 1 fully saturated rings. The molecular weight excluding hydrogens is 440 g/mol. The number of aromatic amines is 1. The predicted octanol–water partition coefficient (Wildman–Crippen LogP) is 2.58. The van der Waals surface area contributed by atoms with Crippen molar-refractivity contribution in [3.63, 3.8) is 0 Å². The van der Waals surface area contributed by atoms with E-state index in [9.17, 15) is 8.42 Å². The van der Waals surface area contributed by atoms with Gasteiger partial charge in [-0.3, -0.25) is 5.10 Å². The van der Waals surface area contributed by atoms with Crippen LogP contribution >= 0.6 is 0 Å². The number of hydrogen-bond acceptors (Lipinski definition) is 7. The lowest BCUT2D eigenvalue weighted by atomic mass is 9.96. The monoisotopic (exact) mass is 466 g/mol. The Hall–Kier alpha value is -3.28. The van der Waals surface area contributed by atoms with Crippen LogP contribution in [0.2, 0.25) is 0 Å². The van der Waals surface area contributed by atoms with Crippen molar-refractivity contribution in [2.75, 3.05) is 32.5 Å². The number of sulfonamides is 1. The number of nitrogens with zero attached hydrogens (tertiary/aromatic N) is 5. The van der Waals surface area contributed by atoms with Crippen LogP contribution in [0.25, 0.3) is 16.8 Å². The molecule has 4 heterocycles. The summed E-state index contributed by atoms with van der Waals surface area (Å²) >= 11 is 0. The third kappa shape index (κ3) is 4.10. The van der Waals surface area contributed by atoms with Crippen molar-refractivity contribution in [1.82, 2.24) is 34.4 Å². The molecular formula is C22H26N8O2S. The van der Waals surface area contributed by atoms with Gasteiger partial charge in [0.2, 0.25) is 10.0 Å². The first-order chi connectivity index (χ1) is 15.9. The first-order valence-corrected chi connectivity index (χ1v) is 12.3. The quantitative estimate of drug-likeness (QED) is 0.399. The highest BCUT2D eigenvalue weighted by Crippen LogP contribution is 2.30. The zero-order valence-electron chi connectivity index (χ0n) is 18.5. The molecule has 1 aliphatic rings. The van der Waals surface area contributed by atoms with E-state index in [1.54, 1.807) is 41.2 Å². The summed E-state index contributed by atoms with van der Waals surface area (Å²) in [5, 5.41) is 18.3. The molecule has 0 radical (unpaired) electrons. The van der Waals surface area contributed by atoms with E-state index in [4.69, 9.17) is 4.98 Å². The predicted molar refractivity (Wildman–Crippen MR) is 126 cm³/mol. The van der Waals surface area contributed by atoms with Gasteiger partial charge in [-0.25, -0.2) is 17.7 Å². The van der Waals surface area contributed by atoms with Gasteiger partial charge in [-0.2, -0.15) is 14.7 Å². The van der Waals surface area contributed by atoms with Crippen LogP contribution in [0.4, 0.5) is 11.5 Å². The fourth-order valence-corrected chi connectivity index (χ4v) is 4.96. The molecule has 0 aliphatic carbocycles. The van der Waals surface area contributed by atoms with Gasteiger partial charge in [-0.1, -0.05) is 0 Å². The van der Waals surface area contributed by atoms with Gasteiger partial charge in [0.15, 0.2) is 5.65 Å². The van der Waals surface area contributed by atoms with Crippen molar-refractivity contribution < 1.29 is 8.42 Å². The lowest BCUT2D eigenvalue weighted by Gasteiger charge is -2.23. The van der Waals surface area contributed by atoms with Gasteiger partial charge in [-0.05, 0) is 43.7 Å². The van der Waals surface area contributed by atoms with Gasteiger partial charge in [0, 0.05) is 55.6 Å². The molecule has 1 saturated heterocycles. The molecule has 172 valence electrons. The van der Waals surface area contributed by atoms with E-state index >= 15 is 0 Å². The minimum Gasteiger partial charge on any atom is -0.340 e. The van der Waals surface area contributed by atoms with E-state index in [-0.39, 0.29) is 4.90 Å². The third-order valence-corrected chi connectivity index (χ3v) is 7.75. The van der Waals surface area contributed by atoms with Gasteiger partial charge in [0.25, 0.3) is 0 Å². The fraction of sp³-hybridized carbons (Fsp3) is 0.318. The van der Waals surface area contributed by atoms with Crippen LogP contribution in [0, 0.1) is 0 Å². The SMILES string of the molecule is CN(C)S(=O)(=O)c1ccc(Nc2cc(C3CCCNC3)nc3c(-c4cn[nH]c4)cnn23)cc1. The Morgan fingerprint density at radius 2 is 2.00 bits per heavy atom. The van der Waals surface area contributed by atoms with Crippen LogP contribution in [-0.4, -0.2) is 64.7 Å². The van der Waals surface area contributed by atoms with E-state index in [1.165, 1.54) is 18.4 Å². The van der Waals surface area contributed by atoms with Crippen LogP contribution in [-0.2, 0) is 10.0 Å². The Balaban J connectivity index is 1.55. The average Bonchev–Trinajstić information content (AvgIpc) is 3.50. The summed E-state index contributed by atoms with van der Waals surface area (Å²) in [6, 6.07) is 8.74. The van der Waals surface area contributed by atoms with Crippen molar-refractivity contribution >= 4 is 27.2 Å². The lowest BCUT2D eigenvalue weighted by molar-refractivity contribution is 0.455. The molecule has 5 rings (SSSR count). The van der Waals surface area contributed by atoms with Crippen molar-refractivity contribution in [3.05, 3.63) is 54.6 Å². The van der Waals surface area contributed by atoms with Gasteiger partial charge < -0.3 is 10.6 Å². The Labute approximate surface area is 192 Å². The van der Waals surface area contributed by atoms with E-state index in [0.29, 0.717) is 5.92 Å². The summed E-state index contributed by atoms with van der Waals surface area (Å²) in [7, 11) is -0.442. The van der Waals surface area contributed by atoms with Crippen LogP contribution in [0.1, 0.15) is 24.5 Å². The Kier molecular flexibility index (Phi) is 5.60. The Morgan fingerprint density at radius 3 is 2.67 bits per heavy atom. The highest BCUT2D eigenvalue weighted by Gasteiger charge is 2.21. The van der Waals surface area contributed by atoms with E-state index in [1.807, 2.05) is 12.3 Å². The number of H-pyrrole nitrogens is 1. The molecule has 3 N–H and O–H groups in total. The van der Waals surface area contributed by atoms with Crippen molar-refractivity contribution in [1.29, 1.82) is 0 Å². The Morgan fingerprint density at radius 1 is 1.18 bits per heavy atom. The number of benzene rings is 1. The first-order valence-electron chi connectivity index (χ1n) is 10.8. The van der Waals surface area contributed by atoms with E-state index in [2.05, 4.69) is 25.9 Å². The van der Waals surface area contributed by atoms with Gasteiger partial charge in [0.1, 0.15) is 5.82 Å². The lowest BCUT2D eigenvalue weighted by Crippen LogP contribution is -2.29. The number of nitrogens with one attached hydrogen (secondary N) is 3. The van der Waals surface area contributed by atoms with E-state index in [0.717, 1.165) is 59.9 Å². The van der Waals surface area contributed by atoms with Crippen molar-refractivity contribution in [2.24, 2.45) is 0 Å². The molecule has 0 amide bonds. The Bertz CT molecular complexity index is 1360. The smallest absolute Gasteiger partial charge is 0.242 e. The molecule has 0 spiro atoms. The van der Waals surface area contributed by atoms with Crippen LogP contribution in [0.3, 0.4) is 0 Å². The summed E-state index contributed by atoms with van der Waals surface area (Å²) in [5.74, 6) is 1.07. The molecule has 0 bridgehead atoms. The second-order valence-corrected chi connectivity index (χ2v) is 10.5. The number of fused-ring (bicyclic) bond motifs is 1. The molecule has 1 aromatic carbocycles. The molecule has 1 unspecified atom stereocenters. The topological polar surface area (TPSA) is 120 Å². The second-order valence-electron chi connectivity index (χ2n) is 8.33. The van der Waals surface area contributed by atoms with Gasteiger partial charge in [-0.15, -0.1) is 0 Å². The highest BCUT2D eigenvalue weighted by atomic mass is 32.2. The fourth-order valence-electron chi connectivity index (χ4n) is 4.05. The molecule has 3 aromatic heterocycles. The summed E-state index contributed by atoms with van der Waals surface area (Å²) < 4.78 is 27.7. The van der Waals surface area contributed by atoms with Crippen LogP contribution < -0.4 is 10.6 Å². The number of rotatable bonds is 6. The normalized spacial score (nSPS) is 17.0. The molecule has 1 atom stereocenters. The largest absolute Gasteiger partial charge is 0.340 e. The zero-order valence-corrected chi connectivity index (χ0v) is 19.3. The maximum absolute atomic E-state index is 12.4. The molecule has 4 aromatic rings. The zero-order chi connectivity index (χ0) is 23.0. The molecule has 33 heavy (non-hydrogen) atoms. The summed E-state index contributed by atoms with van der Waals surface area (Å²) in [5.41, 5.74) is 4.31. The minimum absolute atomic E-state index is 0.244. The summed E-state index contributed by atoms with van der Waals surface area (Å²) in [6.07, 6.45) is 7.54. The number of hydrogen-bond donors (Lipinski definition) is 3. The number of piperidine rings is 1. The molecule has 10 nitrogen and oxygen atoms in total. The average molecular weight is 467 g/mol. The first kappa shape index (κ1) is 21.6. The minimum atomic E-state index is -3.48. The number of anilines is 2. The number of aromatic nitrogens is 5. The van der Waals surface area contributed by atoms with E-state index < -0.39 is 10.0 Å². The summed E-state index contributed by atoms with van der Waals surface area (Å²) in [4.78, 5) is 5.22. The van der Waals surface area contributed by atoms with Crippen molar-refractivity contribution in [3.8, 4) is 11.1 Å². The molecule has 11 heteroatoms. The molecule has 1 aliphatic heterocycles. The highest BCUT2D eigenvalue weighted by molar-refractivity contribution is 7.89. The standard InChI is InChI=1S/C22H26N8O2S/c1-29(2)33(31,32)18-7-5-17(6-8-18)27-21-10-20(15-4-3-9-23-11-15)28-22-19(14-26-30(21)22)16-12-24-25-13-16/h5-8,10,12-15,23,27H,3-4,9,11H2,1-2H3,(H,24,25). The molecule has 0 saturated carbocycles. The van der Waals surface area contributed by atoms with Crippen LogP contribution in [0.5, 0.6) is 0 Å². The van der Waals surface area contributed by atoms with Gasteiger partial charge in [0.05, 0.1) is 23.0 Å². The maximum atomic E-state index is 12.4. The maximum Gasteiger partial charge on any atom is 0.242 e.